The second-order valence-electron chi connectivity index (χ2n) is 5.69. The zero-order chi connectivity index (χ0) is 15.5. The summed E-state index contributed by atoms with van der Waals surface area (Å²) in [6.07, 6.45) is 0.726. The summed E-state index contributed by atoms with van der Waals surface area (Å²) in [5.74, 6) is 0.0296. The maximum absolute atomic E-state index is 12.5. The first-order valence-corrected chi connectivity index (χ1v) is 7.87. The third kappa shape index (κ3) is 4.25. The molecule has 3 rings (SSSR count). The van der Waals surface area contributed by atoms with Crippen LogP contribution in [0.25, 0.3) is 0 Å². The molecule has 0 aliphatic carbocycles. The van der Waals surface area contributed by atoms with Gasteiger partial charge in [0.25, 0.3) is 0 Å². The van der Waals surface area contributed by atoms with E-state index >= 15 is 0 Å². The summed E-state index contributed by atoms with van der Waals surface area (Å²) in [6, 6.07) is 15.6. The van der Waals surface area contributed by atoms with E-state index in [1.165, 1.54) is 11.1 Å². The number of rotatable bonds is 3. The van der Waals surface area contributed by atoms with Gasteiger partial charge in [-0.25, -0.2) is 0 Å². The standard InChI is InChI=1S/C18H19ClN2O.ClH/c1-12(13-7-4-8-16(19)9-13)21-18(22)17-10-14-5-2-3-6-15(14)11-20-17;/h2-9,12,17,20H,10-11H2,1H3,(H,21,22);1H. The molecule has 2 aromatic carbocycles. The smallest absolute Gasteiger partial charge is 0.237 e. The molecule has 0 fully saturated rings. The molecule has 122 valence electrons. The highest BCUT2D eigenvalue weighted by Gasteiger charge is 2.24. The van der Waals surface area contributed by atoms with Crippen LogP contribution in [0.4, 0.5) is 0 Å². The van der Waals surface area contributed by atoms with E-state index < -0.39 is 0 Å². The molecule has 0 bridgehead atoms. The summed E-state index contributed by atoms with van der Waals surface area (Å²) in [4.78, 5) is 12.5. The fourth-order valence-corrected chi connectivity index (χ4v) is 3.01. The lowest BCUT2D eigenvalue weighted by molar-refractivity contribution is -0.124. The number of carbonyl (C=O) groups is 1. The Bertz CT molecular complexity index is 690. The van der Waals surface area contributed by atoms with Crippen LogP contribution in [-0.2, 0) is 17.8 Å². The van der Waals surface area contributed by atoms with E-state index in [1.54, 1.807) is 0 Å². The minimum atomic E-state index is -0.184. The van der Waals surface area contributed by atoms with Crippen molar-refractivity contribution in [1.82, 2.24) is 10.6 Å². The van der Waals surface area contributed by atoms with Crippen molar-refractivity contribution < 1.29 is 4.79 Å². The molecule has 3 nitrogen and oxygen atoms in total. The van der Waals surface area contributed by atoms with Gasteiger partial charge in [-0.05, 0) is 42.2 Å². The van der Waals surface area contributed by atoms with E-state index in [0.717, 1.165) is 18.5 Å². The summed E-state index contributed by atoms with van der Waals surface area (Å²) in [6.45, 7) is 2.71. The SMILES string of the molecule is CC(NC(=O)C1Cc2ccccc2CN1)c1cccc(Cl)c1.Cl. The minimum absolute atomic E-state index is 0. The predicted octanol–water partition coefficient (Wildman–Crippen LogP) is 3.65. The third-order valence-corrected chi connectivity index (χ3v) is 4.34. The van der Waals surface area contributed by atoms with Gasteiger partial charge in [0.2, 0.25) is 5.91 Å². The van der Waals surface area contributed by atoms with Crippen molar-refractivity contribution in [3.63, 3.8) is 0 Å². The van der Waals surface area contributed by atoms with Gasteiger partial charge in [-0.3, -0.25) is 4.79 Å². The Kier molecular flexibility index (Phi) is 6.05. The van der Waals surface area contributed by atoms with Gasteiger partial charge in [-0.1, -0.05) is 48.0 Å². The fraction of sp³-hybridized carbons (Fsp3) is 0.278. The van der Waals surface area contributed by atoms with Crippen LogP contribution < -0.4 is 10.6 Å². The Balaban J connectivity index is 0.00000192. The maximum Gasteiger partial charge on any atom is 0.237 e. The normalized spacial score (nSPS) is 17.6. The van der Waals surface area contributed by atoms with E-state index in [0.29, 0.717) is 5.02 Å². The molecule has 1 heterocycles. The molecule has 1 aliphatic rings. The number of fused-ring (bicyclic) bond motifs is 1. The lowest BCUT2D eigenvalue weighted by Crippen LogP contribution is -2.48. The number of halogens is 2. The zero-order valence-electron chi connectivity index (χ0n) is 12.9. The molecule has 2 atom stereocenters. The quantitative estimate of drug-likeness (QED) is 0.886. The van der Waals surface area contributed by atoms with Crippen LogP contribution in [0.15, 0.2) is 48.5 Å². The first kappa shape index (κ1) is 17.8. The van der Waals surface area contributed by atoms with Crippen molar-refractivity contribution in [3.8, 4) is 0 Å². The van der Waals surface area contributed by atoms with Crippen molar-refractivity contribution in [3.05, 3.63) is 70.2 Å². The van der Waals surface area contributed by atoms with Crippen molar-refractivity contribution in [2.24, 2.45) is 0 Å². The maximum atomic E-state index is 12.5. The van der Waals surface area contributed by atoms with Crippen LogP contribution in [-0.4, -0.2) is 11.9 Å². The lowest BCUT2D eigenvalue weighted by atomic mass is 9.95. The van der Waals surface area contributed by atoms with Gasteiger partial charge < -0.3 is 10.6 Å². The number of nitrogens with one attached hydrogen (secondary N) is 2. The number of amides is 1. The van der Waals surface area contributed by atoms with Crippen molar-refractivity contribution in [2.75, 3.05) is 0 Å². The van der Waals surface area contributed by atoms with Crippen molar-refractivity contribution in [1.29, 1.82) is 0 Å². The number of benzene rings is 2. The van der Waals surface area contributed by atoms with Crippen LogP contribution in [0.2, 0.25) is 5.02 Å². The molecule has 2 unspecified atom stereocenters. The van der Waals surface area contributed by atoms with Crippen LogP contribution in [0.1, 0.15) is 29.7 Å². The molecule has 0 spiro atoms. The van der Waals surface area contributed by atoms with E-state index in [1.807, 2.05) is 43.3 Å². The van der Waals surface area contributed by atoms with E-state index in [2.05, 4.69) is 22.8 Å². The average molecular weight is 351 g/mol. The molecule has 0 aromatic heterocycles. The van der Waals surface area contributed by atoms with E-state index in [4.69, 9.17) is 11.6 Å². The molecular formula is C18H20Cl2N2O. The zero-order valence-corrected chi connectivity index (χ0v) is 14.5. The summed E-state index contributed by atoms with van der Waals surface area (Å²) in [5.41, 5.74) is 3.53. The van der Waals surface area contributed by atoms with Gasteiger partial charge in [-0.2, -0.15) is 0 Å². The van der Waals surface area contributed by atoms with Gasteiger partial charge in [-0.15, -0.1) is 12.4 Å². The van der Waals surface area contributed by atoms with Gasteiger partial charge in [0, 0.05) is 11.6 Å². The number of hydrogen-bond donors (Lipinski definition) is 2. The molecule has 2 N–H and O–H groups in total. The Morgan fingerprint density at radius 2 is 1.96 bits per heavy atom. The molecule has 0 saturated heterocycles. The van der Waals surface area contributed by atoms with Crippen LogP contribution >= 0.6 is 24.0 Å². The van der Waals surface area contributed by atoms with Gasteiger partial charge >= 0.3 is 0 Å². The van der Waals surface area contributed by atoms with Crippen molar-refractivity contribution >= 4 is 29.9 Å². The molecule has 1 amide bonds. The van der Waals surface area contributed by atoms with E-state index in [9.17, 15) is 4.79 Å². The fourth-order valence-electron chi connectivity index (χ4n) is 2.81. The topological polar surface area (TPSA) is 41.1 Å². The Morgan fingerprint density at radius 3 is 2.70 bits per heavy atom. The van der Waals surface area contributed by atoms with Crippen LogP contribution in [0.5, 0.6) is 0 Å². The largest absolute Gasteiger partial charge is 0.348 e. The molecule has 1 aliphatic heterocycles. The average Bonchev–Trinajstić information content (AvgIpc) is 2.54. The highest BCUT2D eigenvalue weighted by atomic mass is 35.5. The predicted molar refractivity (Wildman–Crippen MR) is 96.0 cm³/mol. The van der Waals surface area contributed by atoms with Gasteiger partial charge in [0.05, 0.1) is 12.1 Å². The highest BCUT2D eigenvalue weighted by molar-refractivity contribution is 6.30. The Labute approximate surface area is 147 Å². The Hall–Kier alpha value is -1.55. The Morgan fingerprint density at radius 1 is 1.22 bits per heavy atom. The van der Waals surface area contributed by atoms with Crippen LogP contribution in [0.3, 0.4) is 0 Å². The lowest BCUT2D eigenvalue weighted by Gasteiger charge is -2.26. The summed E-state index contributed by atoms with van der Waals surface area (Å²) in [7, 11) is 0. The third-order valence-electron chi connectivity index (χ3n) is 4.11. The first-order valence-electron chi connectivity index (χ1n) is 7.49. The second-order valence-corrected chi connectivity index (χ2v) is 6.13. The summed E-state index contributed by atoms with van der Waals surface area (Å²) < 4.78 is 0. The van der Waals surface area contributed by atoms with Crippen LogP contribution in [0, 0.1) is 0 Å². The van der Waals surface area contributed by atoms with Gasteiger partial charge in [0.15, 0.2) is 0 Å². The highest BCUT2D eigenvalue weighted by Crippen LogP contribution is 2.19. The number of carbonyl (C=O) groups excluding carboxylic acids is 1. The number of hydrogen-bond acceptors (Lipinski definition) is 2. The summed E-state index contributed by atoms with van der Waals surface area (Å²) >= 11 is 6.01. The molecule has 2 aromatic rings. The monoisotopic (exact) mass is 350 g/mol. The minimum Gasteiger partial charge on any atom is -0.348 e. The van der Waals surface area contributed by atoms with E-state index in [-0.39, 0.29) is 30.4 Å². The first-order chi connectivity index (χ1) is 10.6. The van der Waals surface area contributed by atoms with Crippen molar-refractivity contribution in [2.45, 2.75) is 32.0 Å². The molecule has 0 radical (unpaired) electrons. The molecular weight excluding hydrogens is 331 g/mol. The second kappa shape index (κ2) is 7.82. The molecule has 23 heavy (non-hydrogen) atoms. The molecule has 0 saturated carbocycles. The van der Waals surface area contributed by atoms with Gasteiger partial charge in [0.1, 0.15) is 0 Å². The molecule has 5 heteroatoms. The summed E-state index contributed by atoms with van der Waals surface area (Å²) in [5, 5.41) is 7.05.